The molecule has 1 amide bonds. The molecule has 1 aliphatic heterocycles. The zero-order valence-electron chi connectivity index (χ0n) is 11.9. The summed E-state index contributed by atoms with van der Waals surface area (Å²) >= 11 is 0. The van der Waals surface area contributed by atoms with Crippen molar-refractivity contribution in [3.05, 3.63) is 0 Å². The van der Waals surface area contributed by atoms with E-state index in [9.17, 15) is 4.79 Å². The van der Waals surface area contributed by atoms with Gasteiger partial charge in [0, 0.05) is 13.1 Å². The van der Waals surface area contributed by atoms with Gasteiger partial charge in [-0.1, -0.05) is 0 Å². The quantitative estimate of drug-likeness (QED) is 0.715. The fraction of sp³-hybridized carbons (Fsp3) is 0.667. The highest BCUT2D eigenvalue weighted by molar-refractivity contribution is 5.86. The van der Waals surface area contributed by atoms with Crippen molar-refractivity contribution in [2.45, 2.75) is 38.6 Å². The van der Waals surface area contributed by atoms with Crippen molar-refractivity contribution in [3.63, 3.8) is 0 Å². The standard InChI is InChI=1S/C12H21N7O/c1-12(2,8(13)20)18-10-15-9(14)16-11(17-10)19-6-4-3-5-7-19/h3-7H2,1-2H3,(H2,13,20)(H3,14,15,16,17,18). The van der Waals surface area contributed by atoms with Crippen LogP contribution in [0.25, 0.3) is 0 Å². The third-order valence-corrected chi connectivity index (χ3v) is 3.32. The summed E-state index contributed by atoms with van der Waals surface area (Å²) in [5.74, 6) is 0.446. The molecule has 20 heavy (non-hydrogen) atoms. The highest BCUT2D eigenvalue weighted by Gasteiger charge is 2.26. The molecule has 1 fully saturated rings. The largest absolute Gasteiger partial charge is 0.368 e. The molecule has 0 bridgehead atoms. The van der Waals surface area contributed by atoms with E-state index in [4.69, 9.17) is 11.5 Å². The fourth-order valence-corrected chi connectivity index (χ4v) is 2.01. The lowest BCUT2D eigenvalue weighted by Gasteiger charge is -2.27. The first-order chi connectivity index (χ1) is 9.38. The average molecular weight is 279 g/mol. The Kier molecular flexibility index (Phi) is 3.91. The SMILES string of the molecule is CC(C)(Nc1nc(N)nc(N2CCCCC2)n1)C(N)=O. The number of nitrogens with one attached hydrogen (secondary N) is 1. The van der Waals surface area contributed by atoms with Crippen LogP contribution in [0, 0.1) is 0 Å². The monoisotopic (exact) mass is 279 g/mol. The van der Waals surface area contributed by atoms with Crippen LogP contribution in [-0.4, -0.2) is 39.5 Å². The smallest absolute Gasteiger partial charge is 0.242 e. The van der Waals surface area contributed by atoms with E-state index in [0.29, 0.717) is 5.95 Å². The summed E-state index contributed by atoms with van der Waals surface area (Å²) in [5, 5.41) is 2.89. The lowest BCUT2D eigenvalue weighted by atomic mass is 10.1. The number of carbonyl (C=O) groups is 1. The molecule has 0 aromatic carbocycles. The third-order valence-electron chi connectivity index (χ3n) is 3.32. The summed E-state index contributed by atoms with van der Waals surface area (Å²) in [5.41, 5.74) is 10.1. The maximum absolute atomic E-state index is 11.3. The maximum atomic E-state index is 11.3. The molecule has 8 heteroatoms. The van der Waals surface area contributed by atoms with E-state index in [0.717, 1.165) is 25.9 Å². The normalized spacial score (nSPS) is 16.0. The molecule has 0 atom stereocenters. The lowest BCUT2D eigenvalue weighted by Crippen LogP contribution is -2.45. The molecule has 2 rings (SSSR count). The molecule has 0 aliphatic carbocycles. The molecule has 1 aliphatic rings. The molecule has 0 saturated carbocycles. The number of amides is 1. The van der Waals surface area contributed by atoms with Gasteiger partial charge in [-0.05, 0) is 33.1 Å². The Hall–Kier alpha value is -2.12. The number of rotatable bonds is 4. The van der Waals surface area contributed by atoms with Gasteiger partial charge >= 0.3 is 0 Å². The lowest BCUT2D eigenvalue weighted by molar-refractivity contribution is -0.121. The zero-order valence-corrected chi connectivity index (χ0v) is 11.9. The van der Waals surface area contributed by atoms with E-state index < -0.39 is 11.4 Å². The van der Waals surface area contributed by atoms with Gasteiger partial charge in [-0.2, -0.15) is 15.0 Å². The Morgan fingerprint density at radius 3 is 2.45 bits per heavy atom. The van der Waals surface area contributed by atoms with Gasteiger partial charge in [0.2, 0.25) is 23.8 Å². The number of primary amides is 1. The van der Waals surface area contributed by atoms with Crippen molar-refractivity contribution in [1.82, 2.24) is 15.0 Å². The zero-order chi connectivity index (χ0) is 14.8. The topological polar surface area (TPSA) is 123 Å². The van der Waals surface area contributed by atoms with Gasteiger partial charge in [0.15, 0.2) is 0 Å². The average Bonchev–Trinajstić information content (AvgIpc) is 2.38. The number of piperidine rings is 1. The van der Waals surface area contributed by atoms with Crippen LogP contribution in [0.15, 0.2) is 0 Å². The van der Waals surface area contributed by atoms with Gasteiger partial charge in [-0.25, -0.2) is 0 Å². The summed E-state index contributed by atoms with van der Waals surface area (Å²) in [6, 6.07) is 0. The molecule has 0 unspecified atom stereocenters. The first-order valence-corrected chi connectivity index (χ1v) is 6.73. The van der Waals surface area contributed by atoms with Crippen LogP contribution in [0.4, 0.5) is 17.8 Å². The molecule has 1 aromatic heterocycles. The van der Waals surface area contributed by atoms with Crippen molar-refractivity contribution >= 4 is 23.8 Å². The molecule has 5 N–H and O–H groups in total. The first kappa shape index (κ1) is 14.3. The number of nitrogens with zero attached hydrogens (tertiary/aromatic N) is 4. The molecular formula is C12H21N7O. The summed E-state index contributed by atoms with van der Waals surface area (Å²) in [7, 11) is 0. The highest BCUT2D eigenvalue weighted by atomic mass is 16.1. The van der Waals surface area contributed by atoms with Crippen LogP contribution in [0.3, 0.4) is 0 Å². The minimum atomic E-state index is -0.951. The molecule has 1 saturated heterocycles. The van der Waals surface area contributed by atoms with E-state index >= 15 is 0 Å². The molecule has 1 aromatic rings. The highest BCUT2D eigenvalue weighted by Crippen LogP contribution is 2.19. The second-order valence-corrected chi connectivity index (χ2v) is 5.48. The number of hydrogen-bond acceptors (Lipinski definition) is 7. The molecule has 0 spiro atoms. The predicted molar refractivity (Wildman–Crippen MR) is 77.2 cm³/mol. The molecule has 0 radical (unpaired) electrons. The van der Waals surface area contributed by atoms with E-state index in [1.807, 2.05) is 0 Å². The fourth-order valence-electron chi connectivity index (χ4n) is 2.01. The number of nitrogen functional groups attached to an aromatic ring is 1. The van der Waals surface area contributed by atoms with E-state index in [2.05, 4.69) is 25.2 Å². The molecule has 8 nitrogen and oxygen atoms in total. The van der Waals surface area contributed by atoms with E-state index in [1.165, 1.54) is 6.42 Å². The van der Waals surface area contributed by atoms with Gasteiger partial charge in [0.25, 0.3) is 0 Å². The second-order valence-electron chi connectivity index (χ2n) is 5.48. The number of anilines is 3. The minimum Gasteiger partial charge on any atom is -0.368 e. The van der Waals surface area contributed by atoms with Crippen LogP contribution < -0.4 is 21.7 Å². The predicted octanol–water partition coefficient (Wildman–Crippen LogP) is 0.120. The van der Waals surface area contributed by atoms with Gasteiger partial charge in [0.05, 0.1) is 0 Å². The van der Waals surface area contributed by atoms with Gasteiger partial charge < -0.3 is 21.7 Å². The van der Waals surface area contributed by atoms with Crippen LogP contribution in [-0.2, 0) is 4.79 Å². The Labute approximate surface area is 118 Å². The summed E-state index contributed by atoms with van der Waals surface area (Å²) in [6.45, 7) is 5.13. The number of aromatic nitrogens is 3. The number of hydrogen-bond donors (Lipinski definition) is 3. The summed E-state index contributed by atoms with van der Waals surface area (Å²) in [6.07, 6.45) is 3.44. The molecule has 110 valence electrons. The van der Waals surface area contributed by atoms with E-state index in [-0.39, 0.29) is 11.9 Å². The van der Waals surface area contributed by atoms with Crippen molar-refractivity contribution in [2.75, 3.05) is 29.0 Å². The van der Waals surface area contributed by atoms with Crippen LogP contribution in [0.5, 0.6) is 0 Å². The summed E-state index contributed by atoms with van der Waals surface area (Å²) < 4.78 is 0. The number of nitrogens with two attached hydrogens (primary N) is 2. The van der Waals surface area contributed by atoms with Crippen molar-refractivity contribution < 1.29 is 4.79 Å². The Morgan fingerprint density at radius 1 is 1.20 bits per heavy atom. The van der Waals surface area contributed by atoms with Crippen molar-refractivity contribution in [2.24, 2.45) is 5.73 Å². The second kappa shape index (κ2) is 5.48. The van der Waals surface area contributed by atoms with Crippen LogP contribution in [0.2, 0.25) is 0 Å². The third kappa shape index (κ3) is 3.25. The Morgan fingerprint density at radius 2 is 1.85 bits per heavy atom. The van der Waals surface area contributed by atoms with E-state index in [1.54, 1.807) is 13.8 Å². The van der Waals surface area contributed by atoms with Gasteiger partial charge in [0.1, 0.15) is 5.54 Å². The summed E-state index contributed by atoms with van der Waals surface area (Å²) in [4.78, 5) is 25.9. The maximum Gasteiger partial charge on any atom is 0.242 e. The Bertz CT molecular complexity index is 497. The van der Waals surface area contributed by atoms with Gasteiger partial charge in [-0.15, -0.1) is 0 Å². The van der Waals surface area contributed by atoms with Crippen molar-refractivity contribution in [3.8, 4) is 0 Å². The van der Waals surface area contributed by atoms with Crippen molar-refractivity contribution in [1.29, 1.82) is 0 Å². The minimum absolute atomic E-state index is 0.128. The first-order valence-electron chi connectivity index (χ1n) is 6.73. The molecule has 2 heterocycles. The van der Waals surface area contributed by atoms with Crippen LogP contribution >= 0.6 is 0 Å². The number of carbonyl (C=O) groups excluding carboxylic acids is 1. The van der Waals surface area contributed by atoms with Gasteiger partial charge in [-0.3, -0.25) is 4.79 Å². The Balaban J connectivity index is 2.22. The van der Waals surface area contributed by atoms with Crippen LogP contribution in [0.1, 0.15) is 33.1 Å². The molecular weight excluding hydrogens is 258 g/mol.